The lowest BCUT2D eigenvalue weighted by Gasteiger charge is -2.35. The molecule has 5 rings (SSSR count). The van der Waals surface area contributed by atoms with Gasteiger partial charge in [0.15, 0.2) is 0 Å². The van der Waals surface area contributed by atoms with Crippen LogP contribution in [0.15, 0.2) is 55.1 Å². The largest absolute Gasteiger partial charge is 0.353 e. The van der Waals surface area contributed by atoms with Gasteiger partial charge in [0.05, 0.1) is 5.69 Å². The van der Waals surface area contributed by atoms with Crippen LogP contribution in [0, 0.1) is 12.7 Å². The van der Waals surface area contributed by atoms with E-state index in [1.165, 1.54) is 12.1 Å². The van der Waals surface area contributed by atoms with Gasteiger partial charge in [0.1, 0.15) is 35.3 Å². The Hall–Kier alpha value is -4.08. The number of piperazine rings is 1. The number of carbonyl (C=O) groups excluding carboxylic acids is 1. The summed E-state index contributed by atoms with van der Waals surface area (Å²) in [5, 5.41) is 4.44. The molecule has 0 saturated carbocycles. The van der Waals surface area contributed by atoms with E-state index >= 15 is 0 Å². The highest BCUT2D eigenvalue weighted by atomic mass is 19.1. The molecular weight excluding hydrogens is 423 g/mol. The summed E-state index contributed by atoms with van der Waals surface area (Å²) in [6.45, 7) is 4.33. The van der Waals surface area contributed by atoms with E-state index in [1.807, 2.05) is 28.7 Å². The van der Waals surface area contributed by atoms with Crippen molar-refractivity contribution >= 4 is 11.7 Å². The Bertz CT molecular complexity index is 1270. The molecule has 0 aliphatic carbocycles. The van der Waals surface area contributed by atoms with E-state index in [2.05, 4.69) is 25.0 Å². The monoisotopic (exact) mass is 446 g/mol. The Kier molecular flexibility index (Phi) is 5.33. The first-order chi connectivity index (χ1) is 16.0. The maximum absolute atomic E-state index is 13.2. The Morgan fingerprint density at radius 2 is 1.73 bits per heavy atom. The molecule has 168 valence electrons. The molecule has 9 nitrogen and oxygen atoms in total. The predicted octanol–water partition coefficient (Wildman–Crippen LogP) is 2.47. The van der Waals surface area contributed by atoms with Crippen molar-refractivity contribution < 1.29 is 9.18 Å². The molecular formula is C23H23FN8O. The molecule has 4 heterocycles. The third-order valence-electron chi connectivity index (χ3n) is 5.71. The summed E-state index contributed by atoms with van der Waals surface area (Å²) in [7, 11) is 1.75. The number of aryl methyl sites for hydroxylation is 2. The summed E-state index contributed by atoms with van der Waals surface area (Å²) in [5.74, 6) is 1.89. The summed E-state index contributed by atoms with van der Waals surface area (Å²) in [6, 6.07) is 9.78. The Morgan fingerprint density at radius 3 is 2.42 bits per heavy atom. The maximum Gasteiger partial charge on any atom is 0.272 e. The van der Waals surface area contributed by atoms with E-state index in [-0.39, 0.29) is 11.7 Å². The minimum atomic E-state index is -0.306. The van der Waals surface area contributed by atoms with Crippen LogP contribution in [-0.2, 0) is 7.05 Å². The van der Waals surface area contributed by atoms with Gasteiger partial charge in [0, 0.05) is 57.3 Å². The number of aromatic nitrogens is 6. The fourth-order valence-electron chi connectivity index (χ4n) is 3.96. The van der Waals surface area contributed by atoms with Crippen LogP contribution in [0.5, 0.6) is 0 Å². The fraction of sp³-hybridized carbons (Fsp3) is 0.261. The first kappa shape index (κ1) is 20.8. The van der Waals surface area contributed by atoms with E-state index in [1.54, 1.807) is 42.5 Å². The molecule has 0 spiro atoms. The molecule has 4 aromatic rings. The van der Waals surface area contributed by atoms with E-state index < -0.39 is 0 Å². The number of imidazole rings is 1. The molecule has 0 bridgehead atoms. The van der Waals surface area contributed by atoms with Crippen LogP contribution in [-0.4, -0.2) is 66.3 Å². The zero-order chi connectivity index (χ0) is 22.9. The summed E-state index contributed by atoms with van der Waals surface area (Å²) in [6.07, 6.45) is 5.26. The van der Waals surface area contributed by atoms with Gasteiger partial charge in [-0.2, -0.15) is 5.10 Å². The van der Waals surface area contributed by atoms with Crippen molar-refractivity contribution in [2.45, 2.75) is 6.92 Å². The zero-order valence-corrected chi connectivity index (χ0v) is 18.4. The molecule has 1 fully saturated rings. The Balaban J connectivity index is 1.29. The lowest BCUT2D eigenvalue weighted by atomic mass is 10.1. The SMILES string of the molecule is Cc1nc(N2CCN(C(=O)c3cc(-c4ccc(F)cc4)nn3C)CC2)cc(-n2ccnc2)n1. The highest BCUT2D eigenvalue weighted by Crippen LogP contribution is 2.22. The predicted molar refractivity (Wildman–Crippen MR) is 121 cm³/mol. The second kappa shape index (κ2) is 8.45. The summed E-state index contributed by atoms with van der Waals surface area (Å²) < 4.78 is 16.7. The molecule has 10 heteroatoms. The smallest absolute Gasteiger partial charge is 0.272 e. The van der Waals surface area contributed by atoms with Crippen LogP contribution in [0.4, 0.5) is 10.2 Å². The molecule has 0 unspecified atom stereocenters. The number of carbonyl (C=O) groups is 1. The van der Waals surface area contributed by atoms with Gasteiger partial charge in [-0.05, 0) is 37.3 Å². The molecule has 33 heavy (non-hydrogen) atoms. The fourth-order valence-corrected chi connectivity index (χ4v) is 3.96. The lowest BCUT2D eigenvalue weighted by Crippen LogP contribution is -2.49. The van der Waals surface area contributed by atoms with Crippen molar-refractivity contribution in [3.8, 4) is 17.1 Å². The van der Waals surface area contributed by atoms with Crippen molar-refractivity contribution in [1.29, 1.82) is 0 Å². The van der Waals surface area contributed by atoms with E-state index in [0.717, 1.165) is 17.2 Å². The summed E-state index contributed by atoms with van der Waals surface area (Å²) in [5.41, 5.74) is 1.91. The number of benzene rings is 1. The highest BCUT2D eigenvalue weighted by Gasteiger charge is 2.26. The highest BCUT2D eigenvalue weighted by molar-refractivity contribution is 5.94. The molecule has 0 atom stereocenters. The van der Waals surface area contributed by atoms with Gasteiger partial charge in [-0.1, -0.05) is 0 Å². The molecule has 1 amide bonds. The first-order valence-corrected chi connectivity index (χ1v) is 10.7. The van der Waals surface area contributed by atoms with E-state index in [0.29, 0.717) is 43.4 Å². The average molecular weight is 446 g/mol. The molecule has 1 aliphatic heterocycles. The van der Waals surface area contributed by atoms with Crippen molar-refractivity contribution in [3.05, 3.63) is 72.5 Å². The van der Waals surface area contributed by atoms with Gasteiger partial charge < -0.3 is 9.80 Å². The topological polar surface area (TPSA) is 85.0 Å². The molecule has 0 N–H and O–H groups in total. The van der Waals surface area contributed by atoms with Gasteiger partial charge in [0.25, 0.3) is 5.91 Å². The average Bonchev–Trinajstić information content (AvgIpc) is 3.49. The van der Waals surface area contributed by atoms with Crippen molar-refractivity contribution in [3.63, 3.8) is 0 Å². The number of amides is 1. The van der Waals surface area contributed by atoms with E-state index in [9.17, 15) is 9.18 Å². The number of halogens is 1. The Morgan fingerprint density at radius 1 is 1.00 bits per heavy atom. The molecule has 0 radical (unpaired) electrons. The number of hydrogen-bond donors (Lipinski definition) is 0. The zero-order valence-electron chi connectivity index (χ0n) is 18.4. The van der Waals surface area contributed by atoms with Crippen LogP contribution in [0.3, 0.4) is 0 Å². The van der Waals surface area contributed by atoms with Crippen LogP contribution in [0.1, 0.15) is 16.3 Å². The van der Waals surface area contributed by atoms with Gasteiger partial charge in [-0.15, -0.1) is 0 Å². The van der Waals surface area contributed by atoms with Crippen LogP contribution in [0.2, 0.25) is 0 Å². The van der Waals surface area contributed by atoms with Crippen LogP contribution in [0.25, 0.3) is 17.1 Å². The number of nitrogens with zero attached hydrogens (tertiary/aromatic N) is 8. The third-order valence-corrected chi connectivity index (χ3v) is 5.71. The number of rotatable bonds is 4. The summed E-state index contributed by atoms with van der Waals surface area (Å²) in [4.78, 5) is 30.3. The number of anilines is 1. The van der Waals surface area contributed by atoms with Crippen LogP contribution >= 0.6 is 0 Å². The standard InChI is InChI=1S/C23H23FN8O/c1-16-26-21(14-22(27-16)32-8-7-25-15-32)30-9-11-31(12-10-30)23(33)20-13-19(28-29(20)2)17-3-5-18(24)6-4-17/h3-8,13-15H,9-12H2,1-2H3. The molecule has 1 aliphatic rings. The Labute approximate surface area is 190 Å². The minimum absolute atomic E-state index is 0.0732. The second-order valence-corrected chi connectivity index (χ2v) is 7.93. The van der Waals surface area contributed by atoms with Gasteiger partial charge in [0.2, 0.25) is 0 Å². The molecule has 3 aromatic heterocycles. The minimum Gasteiger partial charge on any atom is -0.353 e. The maximum atomic E-state index is 13.2. The number of hydrogen-bond acceptors (Lipinski definition) is 6. The van der Waals surface area contributed by atoms with Crippen molar-refractivity contribution in [2.75, 3.05) is 31.1 Å². The quantitative estimate of drug-likeness (QED) is 0.479. The molecule has 1 saturated heterocycles. The van der Waals surface area contributed by atoms with Gasteiger partial charge in [-0.25, -0.2) is 19.3 Å². The van der Waals surface area contributed by atoms with Crippen LogP contribution < -0.4 is 4.90 Å². The lowest BCUT2D eigenvalue weighted by molar-refractivity contribution is 0.0735. The van der Waals surface area contributed by atoms with Crippen molar-refractivity contribution in [1.82, 2.24) is 34.2 Å². The van der Waals surface area contributed by atoms with Gasteiger partial charge >= 0.3 is 0 Å². The summed E-state index contributed by atoms with van der Waals surface area (Å²) >= 11 is 0. The first-order valence-electron chi connectivity index (χ1n) is 10.7. The molecule has 1 aromatic carbocycles. The van der Waals surface area contributed by atoms with Crippen molar-refractivity contribution in [2.24, 2.45) is 7.05 Å². The normalized spacial score (nSPS) is 14.0. The second-order valence-electron chi connectivity index (χ2n) is 7.93. The third kappa shape index (κ3) is 4.19. The van der Waals surface area contributed by atoms with E-state index in [4.69, 9.17) is 0 Å². The van der Waals surface area contributed by atoms with Gasteiger partial charge in [-0.3, -0.25) is 14.0 Å².